The first kappa shape index (κ1) is 27.3. The zero-order valence-electron chi connectivity index (χ0n) is 18.5. The molecule has 1 aromatic rings. The Kier molecular flexibility index (Phi) is 14.7. The first-order valence-corrected chi connectivity index (χ1v) is 10.5. The van der Waals surface area contributed by atoms with Crippen LogP contribution < -0.4 is 10.1 Å². The molecule has 7 heteroatoms. The maximum atomic E-state index is 11.5. The number of unbranched alkanes of at least 4 members (excludes halogenated alkanes) is 2. The van der Waals surface area contributed by atoms with Gasteiger partial charge in [0, 0.05) is 17.9 Å². The molecule has 2 rings (SSSR count). The van der Waals surface area contributed by atoms with Crippen LogP contribution in [0.4, 0.5) is 0 Å². The number of ether oxygens (including phenoxy) is 1. The fourth-order valence-corrected chi connectivity index (χ4v) is 2.82. The fourth-order valence-electron chi connectivity index (χ4n) is 2.82. The summed E-state index contributed by atoms with van der Waals surface area (Å²) in [7, 11) is 0. The summed E-state index contributed by atoms with van der Waals surface area (Å²) in [6, 6.07) is 5.82. The van der Waals surface area contributed by atoms with Crippen molar-refractivity contribution in [2.75, 3.05) is 6.61 Å². The molecule has 0 saturated carbocycles. The van der Waals surface area contributed by atoms with Crippen molar-refractivity contribution in [1.29, 1.82) is 0 Å². The molecule has 0 aromatic heterocycles. The SMILES string of the molecule is CC1CCC(=O)NC1=O.CCCCCOc1ccc(C(C)=O)c(CCC)c1.O=CO. The number of benzene rings is 1. The van der Waals surface area contributed by atoms with E-state index in [4.69, 9.17) is 14.6 Å². The van der Waals surface area contributed by atoms with Crippen LogP contribution in [0.2, 0.25) is 0 Å². The molecule has 0 aliphatic carbocycles. The second kappa shape index (κ2) is 16.1. The van der Waals surface area contributed by atoms with E-state index in [-0.39, 0.29) is 30.0 Å². The van der Waals surface area contributed by atoms with Crippen molar-refractivity contribution in [3.63, 3.8) is 0 Å². The molecule has 1 unspecified atom stereocenters. The number of Topliss-reactive ketones (excluding diaryl/α,β-unsaturated/α-hetero) is 1. The molecule has 1 aliphatic rings. The molecule has 0 radical (unpaired) electrons. The van der Waals surface area contributed by atoms with Crippen molar-refractivity contribution in [2.45, 2.75) is 72.6 Å². The van der Waals surface area contributed by atoms with Crippen LogP contribution in [0.1, 0.15) is 82.1 Å². The molecule has 7 nitrogen and oxygen atoms in total. The Labute approximate surface area is 179 Å². The quantitative estimate of drug-likeness (QED) is 0.282. The van der Waals surface area contributed by atoms with Gasteiger partial charge in [-0.25, -0.2) is 0 Å². The lowest BCUT2D eigenvalue weighted by Crippen LogP contribution is -2.39. The molecular weight excluding hydrogens is 386 g/mol. The van der Waals surface area contributed by atoms with Gasteiger partial charge in [-0.2, -0.15) is 0 Å². The Morgan fingerprint density at radius 2 is 1.90 bits per heavy atom. The molecule has 168 valence electrons. The van der Waals surface area contributed by atoms with Crippen LogP contribution in [-0.2, 0) is 20.8 Å². The molecule has 1 heterocycles. The number of amides is 2. The number of aryl methyl sites for hydroxylation is 1. The molecule has 0 spiro atoms. The van der Waals surface area contributed by atoms with Crippen molar-refractivity contribution in [2.24, 2.45) is 5.92 Å². The lowest BCUT2D eigenvalue weighted by atomic mass is 10.0. The third kappa shape index (κ3) is 11.3. The number of nitrogens with one attached hydrogen (secondary N) is 1. The highest BCUT2D eigenvalue weighted by Crippen LogP contribution is 2.20. The lowest BCUT2D eigenvalue weighted by molar-refractivity contribution is -0.135. The molecule has 1 fully saturated rings. The Bertz CT molecular complexity index is 686. The van der Waals surface area contributed by atoms with E-state index in [9.17, 15) is 14.4 Å². The number of hydrogen-bond acceptors (Lipinski definition) is 5. The highest BCUT2D eigenvalue weighted by molar-refractivity contribution is 5.98. The maximum Gasteiger partial charge on any atom is 0.290 e. The summed E-state index contributed by atoms with van der Waals surface area (Å²) < 4.78 is 5.72. The van der Waals surface area contributed by atoms with Crippen molar-refractivity contribution < 1.29 is 29.0 Å². The molecular formula is C23H35NO6. The van der Waals surface area contributed by atoms with Gasteiger partial charge in [0.1, 0.15) is 5.75 Å². The number of rotatable bonds is 8. The molecule has 2 N–H and O–H groups in total. The highest BCUT2D eigenvalue weighted by Gasteiger charge is 2.21. The average Bonchev–Trinajstić information content (AvgIpc) is 2.70. The van der Waals surface area contributed by atoms with Gasteiger partial charge in [-0.05, 0) is 49.9 Å². The Morgan fingerprint density at radius 1 is 1.23 bits per heavy atom. The minimum Gasteiger partial charge on any atom is -0.494 e. The minimum absolute atomic E-state index is 0.0164. The normalized spacial score (nSPS) is 15.0. The van der Waals surface area contributed by atoms with Crippen LogP contribution >= 0.6 is 0 Å². The van der Waals surface area contributed by atoms with E-state index >= 15 is 0 Å². The molecule has 1 aliphatic heterocycles. The summed E-state index contributed by atoms with van der Waals surface area (Å²) in [6.45, 7) is 8.26. The number of ketones is 1. The molecule has 2 amide bonds. The van der Waals surface area contributed by atoms with E-state index in [1.807, 2.05) is 25.1 Å². The fraction of sp³-hybridized carbons (Fsp3) is 0.565. The smallest absolute Gasteiger partial charge is 0.290 e. The van der Waals surface area contributed by atoms with Gasteiger partial charge in [0.15, 0.2) is 5.78 Å². The Balaban J connectivity index is 0.000000581. The van der Waals surface area contributed by atoms with Crippen LogP contribution in [0.15, 0.2) is 18.2 Å². The Morgan fingerprint density at radius 3 is 2.40 bits per heavy atom. The summed E-state index contributed by atoms with van der Waals surface area (Å²) in [5.74, 6) is 0.766. The van der Waals surface area contributed by atoms with Crippen LogP contribution in [0.5, 0.6) is 5.75 Å². The maximum absolute atomic E-state index is 11.5. The van der Waals surface area contributed by atoms with Gasteiger partial charge in [0.05, 0.1) is 6.61 Å². The van der Waals surface area contributed by atoms with E-state index in [0.717, 1.165) is 42.7 Å². The van der Waals surface area contributed by atoms with Crippen molar-refractivity contribution >= 4 is 24.1 Å². The van der Waals surface area contributed by atoms with Crippen LogP contribution in [-0.4, -0.2) is 35.8 Å². The first-order chi connectivity index (χ1) is 14.3. The lowest BCUT2D eigenvalue weighted by Gasteiger charge is -2.15. The Hall–Kier alpha value is -2.70. The average molecular weight is 422 g/mol. The van der Waals surface area contributed by atoms with Gasteiger partial charge < -0.3 is 9.84 Å². The van der Waals surface area contributed by atoms with E-state index < -0.39 is 0 Å². The zero-order valence-corrected chi connectivity index (χ0v) is 18.5. The molecule has 0 bridgehead atoms. The number of piperidine rings is 1. The topological polar surface area (TPSA) is 110 Å². The van der Waals surface area contributed by atoms with E-state index in [1.165, 1.54) is 12.8 Å². The van der Waals surface area contributed by atoms with Crippen molar-refractivity contribution in [3.05, 3.63) is 29.3 Å². The zero-order chi connectivity index (χ0) is 22.9. The van der Waals surface area contributed by atoms with Crippen LogP contribution in [0, 0.1) is 5.92 Å². The molecule has 1 saturated heterocycles. The third-order valence-corrected chi connectivity index (χ3v) is 4.51. The number of hydrogen-bond donors (Lipinski definition) is 2. The van der Waals surface area contributed by atoms with E-state index in [1.54, 1.807) is 6.92 Å². The summed E-state index contributed by atoms with van der Waals surface area (Å²) >= 11 is 0. The summed E-state index contributed by atoms with van der Waals surface area (Å²) in [4.78, 5) is 41.0. The van der Waals surface area contributed by atoms with Gasteiger partial charge in [0.25, 0.3) is 6.47 Å². The largest absolute Gasteiger partial charge is 0.494 e. The van der Waals surface area contributed by atoms with Crippen molar-refractivity contribution in [3.8, 4) is 5.75 Å². The monoisotopic (exact) mass is 421 g/mol. The number of carboxylic acid groups (broad SMARTS) is 1. The van der Waals surface area contributed by atoms with E-state index in [2.05, 4.69) is 19.2 Å². The van der Waals surface area contributed by atoms with Gasteiger partial charge >= 0.3 is 0 Å². The van der Waals surface area contributed by atoms with Gasteiger partial charge in [-0.1, -0.05) is 40.0 Å². The number of carbonyl (C=O) groups excluding carboxylic acids is 3. The van der Waals surface area contributed by atoms with Gasteiger partial charge in [0.2, 0.25) is 11.8 Å². The van der Waals surface area contributed by atoms with Gasteiger partial charge in [-0.15, -0.1) is 0 Å². The van der Waals surface area contributed by atoms with Crippen molar-refractivity contribution in [1.82, 2.24) is 5.32 Å². The van der Waals surface area contributed by atoms with Gasteiger partial charge in [-0.3, -0.25) is 24.5 Å². The summed E-state index contributed by atoms with van der Waals surface area (Å²) in [5.41, 5.74) is 1.94. The summed E-state index contributed by atoms with van der Waals surface area (Å²) in [5, 5.41) is 9.14. The predicted molar refractivity (Wildman–Crippen MR) is 116 cm³/mol. The standard InChI is InChI=1S/C16H24O2.C6H9NO2.CH2O2/c1-4-6-7-11-18-15-9-10-16(13(3)17)14(12-15)8-5-2;1-4-2-3-5(8)7-6(4)9;2-1-3/h9-10,12H,4-8,11H2,1-3H3;4H,2-3H2,1H3,(H,7,8,9);1H,(H,2,3). The predicted octanol–water partition coefficient (Wildman–Crippen LogP) is 4.17. The molecule has 1 aromatic carbocycles. The highest BCUT2D eigenvalue weighted by atomic mass is 16.5. The van der Waals surface area contributed by atoms with Crippen LogP contribution in [0.3, 0.4) is 0 Å². The second-order valence-electron chi connectivity index (χ2n) is 7.14. The number of imide groups is 1. The molecule has 1 atom stereocenters. The number of carbonyl (C=O) groups is 4. The van der Waals surface area contributed by atoms with Crippen LogP contribution in [0.25, 0.3) is 0 Å². The summed E-state index contributed by atoms with van der Waals surface area (Å²) in [6.07, 6.45) is 6.66. The second-order valence-corrected chi connectivity index (χ2v) is 7.14. The third-order valence-electron chi connectivity index (χ3n) is 4.51. The first-order valence-electron chi connectivity index (χ1n) is 10.5. The molecule has 30 heavy (non-hydrogen) atoms. The van der Waals surface area contributed by atoms with E-state index in [0.29, 0.717) is 12.8 Å². The minimum atomic E-state index is -0.250.